The molecule has 0 aliphatic carbocycles. The first-order valence-corrected chi connectivity index (χ1v) is 10.6. The van der Waals surface area contributed by atoms with E-state index < -0.39 is 27.0 Å². The highest BCUT2D eigenvalue weighted by Crippen LogP contribution is 2.31. The summed E-state index contributed by atoms with van der Waals surface area (Å²) in [5, 5.41) is 4.11. The third-order valence-corrected chi connectivity index (χ3v) is 6.57. The van der Waals surface area contributed by atoms with E-state index in [-0.39, 0.29) is 13.1 Å². The molecule has 31 heavy (non-hydrogen) atoms. The van der Waals surface area contributed by atoms with Gasteiger partial charge in [0.1, 0.15) is 22.8 Å². The van der Waals surface area contributed by atoms with Gasteiger partial charge in [-0.1, -0.05) is 12.1 Å². The van der Waals surface area contributed by atoms with Crippen molar-refractivity contribution in [3.05, 3.63) is 55.1 Å². The Morgan fingerprint density at radius 2 is 1.68 bits per heavy atom. The van der Waals surface area contributed by atoms with Gasteiger partial charge in [0.15, 0.2) is 5.82 Å². The summed E-state index contributed by atoms with van der Waals surface area (Å²) < 4.78 is 70.6. The molecular formula is C18H17F3N6O3S. The maximum Gasteiger partial charge on any atom is 0.573 e. The van der Waals surface area contributed by atoms with Crippen molar-refractivity contribution in [2.45, 2.75) is 11.3 Å². The molecule has 0 saturated carbocycles. The van der Waals surface area contributed by atoms with Gasteiger partial charge in [0.2, 0.25) is 10.0 Å². The molecule has 0 radical (unpaired) electrons. The molecule has 9 nitrogen and oxygen atoms in total. The van der Waals surface area contributed by atoms with Crippen LogP contribution in [-0.2, 0) is 10.0 Å². The van der Waals surface area contributed by atoms with Gasteiger partial charge in [-0.3, -0.25) is 0 Å². The lowest BCUT2D eigenvalue weighted by Crippen LogP contribution is -2.49. The Hall–Kier alpha value is -3.19. The zero-order chi connectivity index (χ0) is 22.1. The first kappa shape index (κ1) is 21.1. The molecule has 1 aromatic carbocycles. The minimum atomic E-state index is -5.00. The topological polar surface area (TPSA) is 93.5 Å². The van der Waals surface area contributed by atoms with Crippen molar-refractivity contribution in [2.24, 2.45) is 0 Å². The zero-order valence-electron chi connectivity index (χ0n) is 16.0. The number of piperazine rings is 1. The number of halogens is 3. The van der Waals surface area contributed by atoms with Gasteiger partial charge in [0.25, 0.3) is 0 Å². The number of hydrogen-bond acceptors (Lipinski definition) is 7. The summed E-state index contributed by atoms with van der Waals surface area (Å²) in [7, 11) is -4.18. The Balaban J connectivity index is 1.50. The lowest BCUT2D eigenvalue weighted by molar-refractivity contribution is -0.275. The molecule has 0 bridgehead atoms. The standard InChI is InChI=1S/C18H17F3N6O3S/c19-18(20,21)30-14-4-1-2-5-15(14)31(28,29)26-10-8-25(9-11-26)16-12-17(23-13-22-16)27-7-3-6-24-27/h1-7,12-13H,8-11H2. The van der Waals surface area contributed by atoms with Crippen LogP contribution in [0.5, 0.6) is 5.75 Å². The second kappa shape index (κ2) is 8.15. The number of anilines is 1. The van der Waals surface area contributed by atoms with Gasteiger partial charge in [-0.2, -0.15) is 9.40 Å². The third kappa shape index (κ3) is 4.61. The van der Waals surface area contributed by atoms with Crippen LogP contribution in [0.2, 0.25) is 0 Å². The first-order valence-electron chi connectivity index (χ1n) is 9.16. The van der Waals surface area contributed by atoms with Crippen LogP contribution in [-0.4, -0.2) is 65.0 Å². The Morgan fingerprint density at radius 3 is 2.35 bits per heavy atom. The van der Waals surface area contributed by atoms with Crippen molar-refractivity contribution >= 4 is 15.8 Å². The molecule has 0 atom stereocenters. The smallest absolute Gasteiger partial charge is 0.404 e. The SMILES string of the molecule is O=S(=O)(c1ccccc1OC(F)(F)F)N1CCN(c2cc(-n3cccn3)ncn2)CC1. The van der Waals surface area contributed by atoms with Gasteiger partial charge >= 0.3 is 6.36 Å². The number of para-hydroxylation sites is 1. The first-order chi connectivity index (χ1) is 14.7. The fraction of sp³-hybridized carbons (Fsp3) is 0.278. The molecule has 1 fully saturated rings. The molecular weight excluding hydrogens is 437 g/mol. The maximum absolute atomic E-state index is 13.0. The van der Waals surface area contributed by atoms with Gasteiger partial charge < -0.3 is 9.64 Å². The van der Waals surface area contributed by atoms with Crippen molar-refractivity contribution in [3.8, 4) is 11.6 Å². The normalized spacial score (nSPS) is 15.8. The highest BCUT2D eigenvalue weighted by molar-refractivity contribution is 7.89. The molecule has 164 valence electrons. The Labute approximate surface area is 175 Å². The van der Waals surface area contributed by atoms with Crippen LogP contribution in [0.25, 0.3) is 5.82 Å². The summed E-state index contributed by atoms with van der Waals surface area (Å²) in [4.78, 5) is 9.74. The van der Waals surface area contributed by atoms with E-state index in [1.165, 1.54) is 18.5 Å². The number of nitrogens with zero attached hydrogens (tertiary/aromatic N) is 6. The second-order valence-corrected chi connectivity index (χ2v) is 8.48. The van der Waals surface area contributed by atoms with Crippen molar-refractivity contribution in [2.75, 3.05) is 31.1 Å². The molecule has 13 heteroatoms. The third-order valence-electron chi connectivity index (χ3n) is 4.63. The van der Waals surface area contributed by atoms with Crippen molar-refractivity contribution in [1.29, 1.82) is 0 Å². The molecule has 1 aliphatic heterocycles. The summed E-state index contributed by atoms with van der Waals surface area (Å²) in [6, 6.07) is 8.20. The minimum Gasteiger partial charge on any atom is -0.404 e. The molecule has 2 aromatic heterocycles. The fourth-order valence-corrected chi connectivity index (χ4v) is 4.75. The molecule has 1 saturated heterocycles. The fourth-order valence-electron chi connectivity index (χ4n) is 3.21. The molecule has 1 aliphatic rings. The van der Waals surface area contributed by atoms with Crippen molar-refractivity contribution < 1.29 is 26.3 Å². The van der Waals surface area contributed by atoms with E-state index in [0.29, 0.717) is 24.7 Å². The van der Waals surface area contributed by atoms with Gasteiger partial charge in [-0.05, 0) is 18.2 Å². The van der Waals surface area contributed by atoms with Crippen LogP contribution >= 0.6 is 0 Å². The summed E-state index contributed by atoms with van der Waals surface area (Å²) >= 11 is 0. The number of hydrogen-bond donors (Lipinski definition) is 0. The Kier molecular flexibility index (Phi) is 5.54. The summed E-state index contributed by atoms with van der Waals surface area (Å²) in [5.74, 6) is 0.402. The average Bonchev–Trinajstić information content (AvgIpc) is 3.28. The van der Waals surface area contributed by atoms with Crippen molar-refractivity contribution in [3.63, 3.8) is 0 Å². The highest BCUT2D eigenvalue weighted by atomic mass is 32.2. The van der Waals surface area contributed by atoms with E-state index in [0.717, 1.165) is 16.4 Å². The van der Waals surface area contributed by atoms with Crippen molar-refractivity contribution in [1.82, 2.24) is 24.1 Å². The lowest BCUT2D eigenvalue weighted by atomic mass is 10.3. The second-order valence-electron chi connectivity index (χ2n) is 6.57. The molecule has 0 unspecified atom stereocenters. The van der Waals surface area contributed by atoms with E-state index in [2.05, 4.69) is 19.8 Å². The molecule has 3 heterocycles. The molecule has 0 spiro atoms. The largest absolute Gasteiger partial charge is 0.573 e. The number of sulfonamides is 1. The molecule has 0 amide bonds. The lowest BCUT2D eigenvalue weighted by Gasteiger charge is -2.34. The number of aromatic nitrogens is 4. The number of benzene rings is 1. The predicted octanol–water partition coefficient (Wildman–Crippen LogP) is 2.07. The minimum absolute atomic E-state index is 0.0732. The average molecular weight is 454 g/mol. The quantitative estimate of drug-likeness (QED) is 0.583. The van der Waals surface area contributed by atoms with Crippen LogP contribution in [0, 0.1) is 0 Å². The van der Waals surface area contributed by atoms with E-state index in [1.807, 2.05) is 4.90 Å². The van der Waals surface area contributed by atoms with E-state index >= 15 is 0 Å². The maximum atomic E-state index is 13.0. The van der Waals surface area contributed by atoms with E-state index in [1.54, 1.807) is 29.2 Å². The molecule has 0 N–H and O–H groups in total. The van der Waals surface area contributed by atoms with Gasteiger partial charge in [0, 0.05) is 44.6 Å². The Morgan fingerprint density at radius 1 is 0.968 bits per heavy atom. The summed E-state index contributed by atoms with van der Waals surface area (Å²) in [5.41, 5.74) is 0. The number of rotatable bonds is 5. The predicted molar refractivity (Wildman–Crippen MR) is 103 cm³/mol. The van der Waals surface area contributed by atoms with Gasteiger partial charge in [-0.25, -0.2) is 23.1 Å². The monoisotopic (exact) mass is 454 g/mol. The van der Waals surface area contributed by atoms with E-state index in [9.17, 15) is 21.6 Å². The van der Waals surface area contributed by atoms with E-state index in [4.69, 9.17) is 0 Å². The van der Waals surface area contributed by atoms with Crippen LogP contribution in [0.4, 0.5) is 19.0 Å². The zero-order valence-corrected chi connectivity index (χ0v) is 16.8. The highest BCUT2D eigenvalue weighted by Gasteiger charge is 2.36. The van der Waals surface area contributed by atoms with Crippen LogP contribution in [0.1, 0.15) is 0 Å². The van der Waals surface area contributed by atoms with Crippen LogP contribution < -0.4 is 9.64 Å². The summed E-state index contributed by atoms with van der Waals surface area (Å²) in [6.45, 7) is 0.752. The Bertz CT molecular complexity index is 1150. The van der Waals surface area contributed by atoms with Crippen LogP contribution in [0.15, 0.2) is 60.0 Å². The number of ether oxygens (including phenoxy) is 1. The van der Waals surface area contributed by atoms with Gasteiger partial charge in [0.05, 0.1) is 0 Å². The number of alkyl halides is 3. The van der Waals surface area contributed by atoms with Crippen LogP contribution in [0.3, 0.4) is 0 Å². The molecule has 3 aromatic rings. The van der Waals surface area contributed by atoms with Gasteiger partial charge in [-0.15, -0.1) is 13.2 Å². The summed E-state index contributed by atoms with van der Waals surface area (Å²) in [6.07, 6.45) is -0.257. The molecule has 4 rings (SSSR count).